The van der Waals surface area contributed by atoms with Gasteiger partial charge in [-0.1, -0.05) is 5.11 Å². The summed E-state index contributed by atoms with van der Waals surface area (Å²) in [6.07, 6.45) is 0.401. The molecule has 2 unspecified atom stereocenters. The second kappa shape index (κ2) is 6.04. The van der Waals surface area contributed by atoms with Crippen LogP contribution in [-0.2, 0) is 9.59 Å². The second-order valence-electron chi connectivity index (χ2n) is 3.75. The first-order valence-electron chi connectivity index (χ1n) is 5.08. The van der Waals surface area contributed by atoms with Crippen LogP contribution in [0.4, 0.5) is 0 Å². The first-order valence-corrected chi connectivity index (χ1v) is 5.08. The van der Waals surface area contributed by atoms with Crippen LogP contribution in [0.25, 0.3) is 10.4 Å². The van der Waals surface area contributed by atoms with E-state index in [4.69, 9.17) is 16.4 Å². The minimum absolute atomic E-state index is 0.126. The van der Waals surface area contributed by atoms with E-state index in [1.54, 1.807) is 0 Å². The molecule has 17 heavy (non-hydrogen) atoms. The van der Waals surface area contributed by atoms with Crippen LogP contribution in [-0.4, -0.2) is 48.2 Å². The number of carboxylic acid groups (broad SMARTS) is 1. The summed E-state index contributed by atoms with van der Waals surface area (Å²) in [7, 11) is 0. The molecule has 0 aromatic carbocycles. The Bertz CT molecular complexity index is 353. The quantitative estimate of drug-likeness (QED) is 0.264. The van der Waals surface area contributed by atoms with E-state index in [-0.39, 0.29) is 18.5 Å². The molecule has 9 nitrogen and oxygen atoms in total. The third-order valence-electron chi connectivity index (χ3n) is 2.45. The molecule has 0 radical (unpaired) electrons. The van der Waals surface area contributed by atoms with E-state index in [9.17, 15) is 9.59 Å². The summed E-state index contributed by atoms with van der Waals surface area (Å²) >= 11 is 0. The number of carbonyl (C=O) groups excluding carboxylic acids is 1. The molecule has 0 saturated carbocycles. The van der Waals surface area contributed by atoms with Gasteiger partial charge in [0.25, 0.3) is 0 Å². The Kier molecular flexibility index (Phi) is 4.70. The summed E-state index contributed by atoms with van der Waals surface area (Å²) in [6, 6.07) is -1.83. The lowest BCUT2D eigenvalue weighted by Gasteiger charge is -2.12. The van der Waals surface area contributed by atoms with Gasteiger partial charge in [-0.2, -0.15) is 0 Å². The van der Waals surface area contributed by atoms with Gasteiger partial charge in [-0.3, -0.25) is 9.59 Å². The molecule has 94 valence electrons. The monoisotopic (exact) mass is 242 g/mol. The third kappa shape index (κ3) is 3.91. The number of nitrogens with one attached hydrogen (secondary N) is 2. The second-order valence-corrected chi connectivity index (χ2v) is 3.75. The summed E-state index contributed by atoms with van der Waals surface area (Å²) in [5.41, 5.74) is 13.5. The first kappa shape index (κ1) is 13.2. The van der Waals surface area contributed by atoms with Gasteiger partial charge >= 0.3 is 5.97 Å². The van der Waals surface area contributed by atoms with E-state index in [0.29, 0.717) is 13.0 Å². The first-order chi connectivity index (χ1) is 8.04. The SMILES string of the molecule is [N-]=[N+]=NC1CNC(C(=O)NC[C@H](N)C(=O)O)C1. The van der Waals surface area contributed by atoms with Gasteiger partial charge in [0, 0.05) is 18.0 Å². The van der Waals surface area contributed by atoms with Gasteiger partial charge < -0.3 is 21.5 Å². The van der Waals surface area contributed by atoms with Gasteiger partial charge in [0.1, 0.15) is 6.04 Å². The van der Waals surface area contributed by atoms with Crippen LogP contribution < -0.4 is 16.4 Å². The van der Waals surface area contributed by atoms with Crippen molar-refractivity contribution in [3.63, 3.8) is 0 Å². The van der Waals surface area contributed by atoms with E-state index < -0.39 is 18.1 Å². The molecule has 0 aliphatic carbocycles. The summed E-state index contributed by atoms with van der Waals surface area (Å²) in [5.74, 6) is -1.51. The predicted octanol–water partition coefficient (Wildman–Crippen LogP) is -1.44. The van der Waals surface area contributed by atoms with E-state index in [1.807, 2.05) is 0 Å². The lowest BCUT2D eigenvalue weighted by atomic mass is 10.1. The zero-order valence-electron chi connectivity index (χ0n) is 9.04. The average molecular weight is 242 g/mol. The topological polar surface area (TPSA) is 153 Å². The highest BCUT2D eigenvalue weighted by Crippen LogP contribution is 2.10. The van der Waals surface area contributed by atoms with Crippen LogP contribution in [0, 0.1) is 0 Å². The largest absolute Gasteiger partial charge is 0.480 e. The van der Waals surface area contributed by atoms with Crippen LogP contribution >= 0.6 is 0 Å². The number of hydrogen-bond acceptors (Lipinski definition) is 5. The maximum Gasteiger partial charge on any atom is 0.322 e. The zero-order chi connectivity index (χ0) is 12.8. The highest BCUT2D eigenvalue weighted by molar-refractivity contribution is 5.83. The van der Waals surface area contributed by atoms with Crippen molar-refractivity contribution >= 4 is 11.9 Å². The number of rotatable bonds is 5. The van der Waals surface area contributed by atoms with Gasteiger partial charge in [-0.25, -0.2) is 0 Å². The van der Waals surface area contributed by atoms with Crippen LogP contribution in [0.1, 0.15) is 6.42 Å². The summed E-state index contributed by atoms with van der Waals surface area (Å²) in [4.78, 5) is 24.7. The smallest absolute Gasteiger partial charge is 0.322 e. The number of carboxylic acids is 1. The van der Waals surface area contributed by atoms with Crippen molar-refractivity contribution in [3.05, 3.63) is 10.4 Å². The summed E-state index contributed by atoms with van der Waals surface area (Å²) in [6.45, 7) is 0.311. The van der Waals surface area contributed by atoms with Crippen molar-refractivity contribution < 1.29 is 14.7 Å². The van der Waals surface area contributed by atoms with E-state index in [2.05, 4.69) is 20.7 Å². The van der Waals surface area contributed by atoms with E-state index in [1.165, 1.54) is 0 Å². The van der Waals surface area contributed by atoms with Crippen LogP contribution in [0.5, 0.6) is 0 Å². The molecule has 3 atom stereocenters. The van der Waals surface area contributed by atoms with Crippen molar-refractivity contribution in [1.82, 2.24) is 10.6 Å². The summed E-state index contributed by atoms with van der Waals surface area (Å²) in [5, 5.41) is 17.3. The van der Waals surface area contributed by atoms with Crippen molar-refractivity contribution in [1.29, 1.82) is 0 Å². The van der Waals surface area contributed by atoms with Gasteiger partial charge in [-0.05, 0) is 12.0 Å². The highest BCUT2D eigenvalue weighted by atomic mass is 16.4. The van der Waals surface area contributed by atoms with E-state index in [0.717, 1.165) is 0 Å². The summed E-state index contributed by atoms with van der Waals surface area (Å²) < 4.78 is 0. The molecule has 1 aliphatic rings. The van der Waals surface area contributed by atoms with E-state index >= 15 is 0 Å². The van der Waals surface area contributed by atoms with Gasteiger partial charge in [0.2, 0.25) is 5.91 Å². The predicted molar refractivity (Wildman–Crippen MR) is 58.0 cm³/mol. The van der Waals surface area contributed by atoms with Gasteiger partial charge in [0.15, 0.2) is 0 Å². The Labute approximate surface area is 97.0 Å². The number of hydrogen-bond donors (Lipinski definition) is 4. The number of carbonyl (C=O) groups is 2. The van der Waals surface area contributed by atoms with Crippen molar-refractivity contribution in [2.45, 2.75) is 24.5 Å². The fourth-order valence-corrected chi connectivity index (χ4v) is 1.50. The minimum Gasteiger partial charge on any atom is -0.480 e. The Hall–Kier alpha value is -1.83. The number of aliphatic carboxylic acids is 1. The Balaban J connectivity index is 2.34. The molecule has 0 spiro atoms. The molecule has 1 saturated heterocycles. The fourth-order valence-electron chi connectivity index (χ4n) is 1.50. The molecule has 1 rings (SSSR count). The van der Waals surface area contributed by atoms with Crippen LogP contribution in [0.3, 0.4) is 0 Å². The maximum atomic E-state index is 11.6. The van der Waals surface area contributed by atoms with Crippen molar-refractivity contribution in [2.75, 3.05) is 13.1 Å². The fraction of sp³-hybridized carbons (Fsp3) is 0.750. The normalized spacial score (nSPS) is 24.8. The molecule has 5 N–H and O–H groups in total. The third-order valence-corrected chi connectivity index (χ3v) is 2.45. The minimum atomic E-state index is -1.17. The molecule has 1 aliphatic heterocycles. The molecule has 9 heteroatoms. The number of nitrogens with two attached hydrogens (primary N) is 1. The van der Waals surface area contributed by atoms with Crippen LogP contribution in [0.15, 0.2) is 5.11 Å². The Morgan fingerprint density at radius 3 is 3.00 bits per heavy atom. The Morgan fingerprint density at radius 2 is 2.41 bits per heavy atom. The zero-order valence-corrected chi connectivity index (χ0v) is 9.04. The lowest BCUT2D eigenvalue weighted by Crippen LogP contribution is -2.47. The number of amides is 1. The molecule has 1 amide bonds. The molecule has 1 fully saturated rings. The number of nitrogens with zero attached hydrogens (tertiary/aromatic N) is 3. The number of azide groups is 1. The lowest BCUT2D eigenvalue weighted by molar-refractivity contribution is -0.138. The molecule has 0 bridgehead atoms. The Morgan fingerprint density at radius 1 is 1.71 bits per heavy atom. The van der Waals surface area contributed by atoms with Crippen molar-refractivity contribution in [3.8, 4) is 0 Å². The molecular weight excluding hydrogens is 228 g/mol. The molecule has 1 heterocycles. The van der Waals surface area contributed by atoms with Crippen molar-refractivity contribution in [2.24, 2.45) is 10.8 Å². The van der Waals surface area contributed by atoms with Crippen LogP contribution in [0.2, 0.25) is 0 Å². The van der Waals surface area contributed by atoms with Gasteiger partial charge in [-0.15, -0.1) is 0 Å². The molecule has 0 aromatic rings. The van der Waals surface area contributed by atoms with Gasteiger partial charge in [0.05, 0.1) is 12.1 Å². The molecular formula is C8H14N6O3. The highest BCUT2D eigenvalue weighted by Gasteiger charge is 2.29. The average Bonchev–Trinajstić information content (AvgIpc) is 2.74. The maximum absolute atomic E-state index is 11.6. The standard InChI is InChI=1S/C8H14N6O3/c9-5(8(16)17)3-12-7(15)6-1-4(2-11-6)13-14-10/h4-6,11H,1-3,9H2,(H,12,15)(H,16,17)/t4?,5-,6?/m0/s1. The molecule has 0 aromatic heterocycles.